The Bertz CT molecular complexity index is 330. The molecule has 3 nitrogen and oxygen atoms in total. The normalized spacial score (nSPS) is 9.77. The Morgan fingerprint density at radius 2 is 2.38 bits per heavy atom. The number of methoxy groups -OCH3 is 1. The Kier molecular flexibility index (Phi) is 3.57. The molecule has 1 aromatic rings. The molecule has 0 spiro atoms. The highest BCUT2D eigenvalue weighted by atomic mass is 35.5. The van der Waals surface area contributed by atoms with Gasteiger partial charge >= 0.3 is 5.97 Å². The van der Waals surface area contributed by atoms with Gasteiger partial charge in [0.1, 0.15) is 5.03 Å². The zero-order valence-corrected chi connectivity index (χ0v) is 8.78. The van der Waals surface area contributed by atoms with Crippen molar-refractivity contribution in [2.24, 2.45) is 0 Å². The van der Waals surface area contributed by atoms with E-state index in [-0.39, 0.29) is 0 Å². The summed E-state index contributed by atoms with van der Waals surface area (Å²) in [5.74, 6) is -0.442. The Morgan fingerprint density at radius 1 is 1.69 bits per heavy atom. The fraction of sp³-hybridized carbons (Fsp3) is 0.250. The first-order valence-corrected chi connectivity index (χ1v) is 5.07. The molecule has 0 saturated heterocycles. The number of pyridine rings is 1. The van der Waals surface area contributed by atoms with Crippen LogP contribution in [0.3, 0.4) is 0 Å². The molecule has 1 heterocycles. The molecule has 5 heteroatoms. The van der Waals surface area contributed by atoms with E-state index >= 15 is 0 Å². The maximum Gasteiger partial charge on any atom is 0.339 e. The Labute approximate surface area is 85.4 Å². The molecule has 0 fully saturated rings. The molecule has 0 amide bonds. The monoisotopic (exact) mass is 217 g/mol. The van der Waals surface area contributed by atoms with Crippen LogP contribution in [0.4, 0.5) is 0 Å². The van der Waals surface area contributed by atoms with Gasteiger partial charge < -0.3 is 4.74 Å². The molecule has 0 radical (unpaired) electrons. The number of nitrogens with zero attached hydrogens (tertiary/aromatic N) is 1. The van der Waals surface area contributed by atoms with Gasteiger partial charge in [-0.15, -0.1) is 11.8 Å². The van der Waals surface area contributed by atoms with Crippen molar-refractivity contribution in [3.8, 4) is 0 Å². The van der Waals surface area contributed by atoms with Crippen molar-refractivity contribution in [2.45, 2.75) is 5.03 Å². The molecule has 0 saturated carbocycles. The van der Waals surface area contributed by atoms with Crippen molar-refractivity contribution in [1.82, 2.24) is 4.98 Å². The average molecular weight is 218 g/mol. The average Bonchev–Trinajstić information content (AvgIpc) is 2.17. The summed E-state index contributed by atoms with van der Waals surface area (Å²) in [5, 5.41) is 0.978. The topological polar surface area (TPSA) is 39.2 Å². The zero-order chi connectivity index (χ0) is 9.84. The Morgan fingerprint density at radius 3 is 2.92 bits per heavy atom. The van der Waals surface area contributed by atoms with Crippen molar-refractivity contribution >= 4 is 29.3 Å². The minimum absolute atomic E-state index is 0.349. The van der Waals surface area contributed by atoms with Gasteiger partial charge in [-0.05, 0) is 12.3 Å². The maximum atomic E-state index is 11.2. The largest absolute Gasteiger partial charge is 0.465 e. The predicted octanol–water partition coefficient (Wildman–Crippen LogP) is 2.24. The van der Waals surface area contributed by atoms with Crippen LogP contribution in [0.2, 0.25) is 5.02 Å². The number of thioether (sulfide) groups is 1. The van der Waals surface area contributed by atoms with Crippen LogP contribution in [0.15, 0.2) is 17.3 Å². The van der Waals surface area contributed by atoms with Gasteiger partial charge in [0, 0.05) is 6.20 Å². The Balaban J connectivity index is 3.15. The molecular formula is C8H8ClNO2S. The van der Waals surface area contributed by atoms with Gasteiger partial charge in [0.15, 0.2) is 0 Å². The van der Waals surface area contributed by atoms with Crippen LogP contribution in [0, 0.1) is 0 Å². The number of carbonyl (C=O) groups excluding carboxylic acids is 1. The highest BCUT2D eigenvalue weighted by Crippen LogP contribution is 2.26. The SMILES string of the molecule is COC(=O)c1ccnc(SC)c1Cl. The summed E-state index contributed by atoms with van der Waals surface area (Å²) in [5.41, 5.74) is 0.350. The van der Waals surface area contributed by atoms with Crippen molar-refractivity contribution in [1.29, 1.82) is 0 Å². The molecule has 70 valence electrons. The number of ether oxygens (including phenoxy) is 1. The summed E-state index contributed by atoms with van der Waals surface area (Å²) in [6.07, 6.45) is 3.37. The summed E-state index contributed by atoms with van der Waals surface area (Å²) < 4.78 is 4.56. The molecular weight excluding hydrogens is 210 g/mol. The fourth-order valence-corrected chi connectivity index (χ4v) is 1.71. The van der Waals surface area contributed by atoms with Crippen LogP contribution in [0.25, 0.3) is 0 Å². The molecule has 1 aromatic heterocycles. The van der Waals surface area contributed by atoms with Gasteiger partial charge in [-0.1, -0.05) is 11.6 Å². The van der Waals surface area contributed by atoms with Gasteiger partial charge in [0.2, 0.25) is 0 Å². The molecule has 0 aliphatic heterocycles. The van der Waals surface area contributed by atoms with Crippen LogP contribution in [-0.2, 0) is 4.74 Å². The standard InChI is InChI=1S/C8H8ClNO2S/c1-12-8(11)5-3-4-10-7(13-2)6(5)9/h3-4H,1-2H3. The smallest absolute Gasteiger partial charge is 0.339 e. The second kappa shape index (κ2) is 4.48. The number of carbonyl (C=O) groups is 1. The molecule has 1 rings (SSSR count). The number of aromatic nitrogens is 1. The van der Waals surface area contributed by atoms with Crippen LogP contribution < -0.4 is 0 Å². The van der Waals surface area contributed by atoms with E-state index < -0.39 is 5.97 Å². The van der Waals surface area contributed by atoms with Crippen molar-refractivity contribution < 1.29 is 9.53 Å². The molecule has 0 N–H and O–H groups in total. The fourth-order valence-electron chi connectivity index (χ4n) is 0.834. The molecule has 13 heavy (non-hydrogen) atoms. The first-order chi connectivity index (χ1) is 6.20. The highest BCUT2D eigenvalue weighted by Gasteiger charge is 2.13. The maximum absolute atomic E-state index is 11.2. The third-order valence-electron chi connectivity index (χ3n) is 1.46. The van der Waals surface area contributed by atoms with E-state index in [9.17, 15) is 4.79 Å². The molecule has 0 atom stereocenters. The molecule has 0 aliphatic rings. The van der Waals surface area contributed by atoms with Crippen molar-refractivity contribution in [3.05, 3.63) is 22.8 Å². The lowest BCUT2D eigenvalue weighted by molar-refractivity contribution is 0.0600. The third kappa shape index (κ3) is 2.14. The number of hydrogen-bond acceptors (Lipinski definition) is 4. The number of esters is 1. The second-order valence-corrected chi connectivity index (χ2v) is 3.35. The quantitative estimate of drug-likeness (QED) is 0.563. The van der Waals surface area contributed by atoms with E-state index in [0.717, 1.165) is 0 Å². The summed E-state index contributed by atoms with van der Waals surface area (Å²) >= 11 is 7.29. The number of hydrogen-bond donors (Lipinski definition) is 0. The van der Waals surface area contributed by atoms with E-state index in [2.05, 4.69) is 9.72 Å². The molecule has 0 unspecified atom stereocenters. The summed E-state index contributed by atoms with van der Waals surface area (Å²) in [4.78, 5) is 15.2. The van der Waals surface area contributed by atoms with E-state index in [1.165, 1.54) is 31.1 Å². The van der Waals surface area contributed by atoms with Gasteiger partial charge in [-0.2, -0.15) is 0 Å². The van der Waals surface area contributed by atoms with Gasteiger partial charge in [-0.3, -0.25) is 0 Å². The number of halogens is 1. The molecule has 0 aliphatic carbocycles. The van der Waals surface area contributed by atoms with Crippen LogP contribution in [-0.4, -0.2) is 24.3 Å². The van der Waals surface area contributed by atoms with Gasteiger partial charge in [0.05, 0.1) is 17.7 Å². The molecule has 0 bridgehead atoms. The second-order valence-electron chi connectivity index (χ2n) is 2.17. The minimum Gasteiger partial charge on any atom is -0.465 e. The summed E-state index contributed by atoms with van der Waals surface area (Å²) in [7, 11) is 1.32. The van der Waals surface area contributed by atoms with E-state index in [0.29, 0.717) is 15.6 Å². The summed E-state index contributed by atoms with van der Waals surface area (Å²) in [6.45, 7) is 0. The van der Waals surface area contributed by atoms with Crippen LogP contribution in [0.5, 0.6) is 0 Å². The van der Waals surface area contributed by atoms with Gasteiger partial charge in [-0.25, -0.2) is 9.78 Å². The van der Waals surface area contributed by atoms with E-state index in [4.69, 9.17) is 11.6 Å². The highest BCUT2D eigenvalue weighted by molar-refractivity contribution is 7.98. The lowest BCUT2D eigenvalue weighted by Gasteiger charge is -2.04. The van der Waals surface area contributed by atoms with Crippen molar-refractivity contribution in [2.75, 3.05) is 13.4 Å². The third-order valence-corrected chi connectivity index (χ3v) is 2.65. The minimum atomic E-state index is -0.442. The first-order valence-electron chi connectivity index (χ1n) is 3.47. The lowest BCUT2D eigenvalue weighted by Crippen LogP contribution is -2.03. The first kappa shape index (κ1) is 10.3. The zero-order valence-electron chi connectivity index (χ0n) is 7.20. The van der Waals surface area contributed by atoms with E-state index in [1.807, 2.05) is 6.26 Å². The van der Waals surface area contributed by atoms with Gasteiger partial charge in [0.25, 0.3) is 0 Å². The van der Waals surface area contributed by atoms with Crippen LogP contribution in [0.1, 0.15) is 10.4 Å². The molecule has 0 aromatic carbocycles. The lowest BCUT2D eigenvalue weighted by atomic mass is 10.3. The van der Waals surface area contributed by atoms with E-state index in [1.54, 1.807) is 0 Å². The summed E-state index contributed by atoms with van der Waals surface area (Å²) in [6, 6.07) is 1.54. The van der Waals surface area contributed by atoms with Crippen LogP contribution >= 0.6 is 23.4 Å². The van der Waals surface area contributed by atoms with Crippen molar-refractivity contribution in [3.63, 3.8) is 0 Å². The number of rotatable bonds is 2. The predicted molar refractivity (Wildman–Crippen MR) is 52.4 cm³/mol. The Hall–Kier alpha value is -0.740.